The Bertz CT molecular complexity index is 966. The summed E-state index contributed by atoms with van der Waals surface area (Å²) in [7, 11) is -3.55. The maximum Gasteiger partial charge on any atom is 0.240 e. The molecule has 0 aliphatic carbocycles. The van der Waals surface area contributed by atoms with Gasteiger partial charge >= 0.3 is 0 Å². The highest BCUT2D eigenvalue weighted by molar-refractivity contribution is 7.89. The van der Waals surface area contributed by atoms with Crippen LogP contribution in [0.25, 0.3) is 0 Å². The minimum absolute atomic E-state index is 0.107. The first-order chi connectivity index (χ1) is 13.7. The number of benzene rings is 2. The summed E-state index contributed by atoms with van der Waals surface area (Å²) in [6.45, 7) is 5.00. The van der Waals surface area contributed by atoms with Gasteiger partial charge < -0.3 is 4.90 Å². The Morgan fingerprint density at radius 3 is 2.34 bits per heavy atom. The van der Waals surface area contributed by atoms with Crippen LogP contribution in [-0.2, 0) is 21.2 Å². The normalized spacial score (nSPS) is 15.5. The third kappa shape index (κ3) is 5.81. The van der Waals surface area contributed by atoms with Crippen LogP contribution < -0.4 is 4.72 Å². The summed E-state index contributed by atoms with van der Waals surface area (Å²) in [6, 6.07) is 12.5. The fraction of sp³-hybridized carbons (Fsp3) is 0.409. The minimum Gasteiger partial charge on any atom is -0.343 e. The quantitative estimate of drug-likeness (QED) is 0.750. The molecule has 1 aliphatic heterocycles. The van der Waals surface area contributed by atoms with Crippen molar-refractivity contribution in [2.45, 2.75) is 50.5 Å². The van der Waals surface area contributed by atoms with Crippen molar-refractivity contribution in [3.05, 3.63) is 64.2 Å². The van der Waals surface area contributed by atoms with Gasteiger partial charge in [0.2, 0.25) is 15.9 Å². The van der Waals surface area contributed by atoms with E-state index in [2.05, 4.69) is 4.72 Å². The van der Waals surface area contributed by atoms with Crippen molar-refractivity contribution in [3.63, 3.8) is 0 Å². The summed E-state index contributed by atoms with van der Waals surface area (Å²) in [5.41, 5.74) is 3.10. The van der Waals surface area contributed by atoms with Crippen LogP contribution in [0.1, 0.15) is 36.0 Å². The number of rotatable bonds is 6. The molecule has 1 aliphatic rings. The number of amides is 1. The van der Waals surface area contributed by atoms with E-state index in [1.54, 1.807) is 12.1 Å². The van der Waals surface area contributed by atoms with E-state index in [4.69, 9.17) is 11.6 Å². The maximum atomic E-state index is 12.7. The second kappa shape index (κ2) is 9.28. The molecule has 0 atom stereocenters. The van der Waals surface area contributed by atoms with Gasteiger partial charge in [-0.15, -0.1) is 0 Å². The first-order valence-electron chi connectivity index (χ1n) is 9.86. The van der Waals surface area contributed by atoms with Gasteiger partial charge in [0.1, 0.15) is 0 Å². The number of hydrogen-bond acceptors (Lipinski definition) is 3. The van der Waals surface area contributed by atoms with Gasteiger partial charge in [0, 0.05) is 30.6 Å². The second-order valence-electron chi connectivity index (χ2n) is 7.65. The standard InChI is InChI=1S/C22H27ClN2O3S/c1-16-3-9-21(15-17(16)2)29(27,28)24-20-11-13-25(14-12-20)22(26)10-6-18-4-7-19(23)8-5-18/h3-5,7-9,15,20,24H,6,10-14H2,1-2H3. The molecule has 1 saturated heterocycles. The van der Waals surface area contributed by atoms with Crippen LogP contribution in [0.15, 0.2) is 47.4 Å². The molecular formula is C22H27ClN2O3S. The lowest BCUT2D eigenvalue weighted by Gasteiger charge is -2.32. The number of halogens is 1. The highest BCUT2D eigenvalue weighted by atomic mass is 35.5. The minimum atomic E-state index is -3.55. The highest BCUT2D eigenvalue weighted by Gasteiger charge is 2.26. The SMILES string of the molecule is Cc1ccc(S(=O)(=O)NC2CCN(C(=O)CCc3ccc(Cl)cc3)CC2)cc1C. The second-order valence-corrected chi connectivity index (χ2v) is 9.80. The van der Waals surface area contributed by atoms with Gasteiger partial charge in [0.15, 0.2) is 0 Å². The molecule has 0 unspecified atom stereocenters. The number of sulfonamides is 1. The van der Waals surface area contributed by atoms with Gasteiger partial charge in [-0.05, 0) is 74.1 Å². The first-order valence-corrected chi connectivity index (χ1v) is 11.7. The molecule has 156 valence electrons. The predicted molar refractivity (Wildman–Crippen MR) is 116 cm³/mol. The lowest BCUT2D eigenvalue weighted by atomic mass is 10.0. The van der Waals surface area contributed by atoms with Crippen LogP contribution >= 0.6 is 11.6 Å². The van der Waals surface area contributed by atoms with E-state index >= 15 is 0 Å². The van der Waals surface area contributed by atoms with Crippen LogP contribution in [0.3, 0.4) is 0 Å². The summed E-state index contributed by atoms with van der Waals surface area (Å²) < 4.78 is 28.1. The molecule has 1 heterocycles. The average molecular weight is 435 g/mol. The van der Waals surface area contributed by atoms with Gasteiger partial charge in [-0.1, -0.05) is 29.8 Å². The van der Waals surface area contributed by atoms with E-state index in [0.29, 0.717) is 48.7 Å². The summed E-state index contributed by atoms with van der Waals surface area (Å²) in [4.78, 5) is 14.6. The molecule has 7 heteroatoms. The summed E-state index contributed by atoms with van der Waals surface area (Å²) in [5, 5.41) is 0.686. The number of likely N-dealkylation sites (tertiary alicyclic amines) is 1. The van der Waals surface area contributed by atoms with Crippen LogP contribution in [0.2, 0.25) is 5.02 Å². The molecule has 2 aromatic carbocycles. The Hall–Kier alpha value is -1.89. The molecule has 0 aromatic heterocycles. The third-order valence-corrected chi connectivity index (χ3v) is 7.27. The molecule has 1 fully saturated rings. The highest BCUT2D eigenvalue weighted by Crippen LogP contribution is 2.19. The van der Waals surface area contributed by atoms with E-state index in [-0.39, 0.29) is 11.9 Å². The van der Waals surface area contributed by atoms with Crippen molar-refractivity contribution in [2.75, 3.05) is 13.1 Å². The topological polar surface area (TPSA) is 66.5 Å². The molecule has 1 amide bonds. The Morgan fingerprint density at radius 1 is 1.07 bits per heavy atom. The molecule has 1 N–H and O–H groups in total. The number of carbonyl (C=O) groups is 1. The first kappa shape index (κ1) is 21.8. The lowest BCUT2D eigenvalue weighted by molar-refractivity contribution is -0.132. The number of hydrogen-bond donors (Lipinski definition) is 1. The number of nitrogens with one attached hydrogen (secondary N) is 1. The molecular weight excluding hydrogens is 408 g/mol. The smallest absolute Gasteiger partial charge is 0.240 e. The maximum absolute atomic E-state index is 12.7. The van der Waals surface area contributed by atoms with Crippen LogP contribution in [0.4, 0.5) is 0 Å². The van der Waals surface area contributed by atoms with Crippen molar-refractivity contribution in [1.82, 2.24) is 9.62 Å². The van der Waals surface area contributed by atoms with Crippen LogP contribution in [0, 0.1) is 13.8 Å². The van der Waals surface area contributed by atoms with E-state index in [1.807, 2.05) is 49.1 Å². The molecule has 5 nitrogen and oxygen atoms in total. The zero-order valence-electron chi connectivity index (χ0n) is 16.8. The predicted octanol–water partition coefficient (Wildman–Crippen LogP) is 3.86. The van der Waals surface area contributed by atoms with Crippen molar-refractivity contribution in [2.24, 2.45) is 0 Å². The fourth-order valence-electron chi connectivity index (χ4n) is 3.48. The Labute approximate surface area is 178 Å². The fourth-order valence-corrected chi connectivity index (χ4v) is 4.99. The van der Waals surface area contributed by atoms with E-state index in [1.165, 1.54) is 0 Å². The zero-order chi connectivity index (χ0) is 21.0. The van der Waals surface area contributed by atoms with Crippen molar-refractivity contribution >= 4 is 27.5 Å². The van der Waals surface area contributed by atoms with Crippen molar-refractivity contribution in [1.29, 1.82) is 0 Å². The van der Waals surface area contributed by atoms with Gasteiger partial charge in [-0.25, -0.2) is 13.1 Å². The van der Waals surface area contributed by atoms with Gasteiger partial charge in [0.05, 0.1) is 4.90 Å². The molecule has 0 radical (unpaired) electrons. The van der Waals surface area contributed by atoms with E-state index < -0.39 is 10.0 Å². The number of nitrogens with zero attached hydrogens (tertiary/aromatic N) is 1. The molecule has 29 heavy (non-hydrogen) atoms. The van der Waals surface area contributed by atoms with Gasteiger partial charge in [-0.2, -0.15) is 0 Å². The molecule has 0 bridgehead atoms. The number of carbonyl (C=O) groups excluding carboxylic acids is 1. The van der Waals surface area contributed by atoms with Gasteiger partial charge in [0.25, 0.3) is 0 Å². The average Bonchev–Trinajstić information content (AvgIpc) is 2.69. The van der Waals surface area contributed by atoms with Crippen molar-refractivity contribution in [3.8, 4) is 0 Å². The van der Waals surface area contributed by atoms with E-state index in [0.717, 1.165) is 16.7 Å². The number of aryl methyl sites for hydroxylation is 3. The monoisotopic (exact) mass is 434 g/mol. The van der Waals surface area contributed by atoms with Crippen molar-refractivity contribution < 1.29 is 13.2 Å². The van der Waals surface area contributed by atoms with E-state index in [9.17, 15) is 13.2 Å². The lowest BCUT2D eigenvalue weighted by Crippen LogP contribution is -2.46. The summed E-state index contributed by atoms with van der Waals surface area (Å²) >= 11 is 5.89. The Morgan fingerprint density at radius 2 is 1.72 bits per heavy atom. The molecule has 3 rings (SSSR count). The van der Waals surface area contributed by atoms with Crippen LogP contribution in [-0.4, -0.2) is 38.4 Å². The summed E-state index contributed by atoms with van der Waals surface area (Å²) in [5.74, 6) is 0.107. The molecule has 0 spiro atoms. The summed E-state index contributed by atoms with van der Waals surface area (Å²) in [6.07, 6.45) is 2.36. The largest absolute Gasteiger partial charge is 0.343 e. The van der Waals surface area contributed by atoms with Crippen LogP contribution in [0.5, 0.6) is 0 Å². The zero-order valence-corrected chi connectivity index (χ0v) is 18.4. The Kier molecular flexibility index (Phi) is 6.98. The number of piperidine rings is 1. The Balaban J connectivity index is 1.50. The third-order valence-electron chi connectivity index (χ3n) is 5.50. The molecule has 0 saturated carbocycles. The molecule has 2 aromatic rings. The van der Waals surface area contributed by atoms with Gasteiger partial charge in [-0.3, -0.25) is 4.79 Å².